The van der Waals surface area contributed by atoms with Crippen molar-refractivity contribution in [2.75, 3.05) is 0 Å². The second-order valence-electron chi connectivity index (χ2n) is 9.15. The monoisotopic (exact) mass is 381 g/mol. The Kier molecular flexibility index (Phi) is 4.85. The van der Waals surface area contributed by atoms with Crippen LogP contribution in [0.5, 0.6) is 0 Å². The second kappa shape index (κ2) is 6.45. The number of aliphatic hydroxyl groups excluding tert-OH is 1. The summed E-state index contributed by atoms with van der Waals surface area (Å²) in [6.45, 7) is 10.3. The maximum Gasteiger partial charge on any atom is 0.232 e. The number of hydrogen-bond acceptors (Lipinski definition) is 4. The highest BCUT2D eigenvalue weighted by molar-refractivity contribution is 6.21. The molecule has 26 heavy (non-hydrogen) atoms. The first-order chi connectivity index (χ1) is 12.0. The first-order valence-electron chi connectivity index (χ1n) is 9.34. The summed E-state index contributed by atoms with van der Waals surface area (Å²) >= 11 is 6.57. The molecule has 3 fully saturated rings. The molecule has 0 radical (unpaired) electrons. The maximum absolute atomic E-state index is 12.9. The van der Waals surface area contributed by atoms with E-state index in [4.69, 9.17) is 11.6 Å². The molecule has 0 spiro atoms. The Morgan fingerprint density at radius 1 is 1.31 bits per heavy atom. The average molecular weight is 382 g/mol. The number of carbonyl (C=O) groups is 3. The Balaban J connectivity index is 1.89. The van der Waals surface area contributed by atoms with Crippen LogP contribution in [0.3, 0.4) is 0 Å². The van der Waals surface area contributed by atoms with E-state index in [1.165, 1.54) is 0 Å². The lowest BCUT2D eigenvalue weighted by molar-refractivity contribution is -0.145. The summed E-state index contributed by atoms with van der Waals surface area (Å²) in [7, 11) is 0. The van der Waals surface area contributed by atoms with E-state index in [1.54, 1.807) is 0 Å². The fourth-order valence-corrected chi connectivity index (χ4v) is 6.02. The topological polar surface area (TPSA) is 83.5 Å². The lowest BCUT2D eigenvalue weighted by Gasteiger charge is -2.58. The fourth-order valence-electron chi connectivity index (χ4n) is 5.78. The number of halogens is 1. The Morgan fingerprint density at radius 2 is 1.96 bits per heavy atom. The van der Waals surface area contributed by atoms with Crippen LogP contribution in [-0.4, -0.2) is 34.2 Å². The van der Waals surface area contributed by atoms with Crippen LogP contribution in [0.1, 0.15) is 52.9 Å². The van der Waals surface area contributed by atoms with Crippen molar-refractivity contribution in [1.82, 2.24) is 5.32 Å². The smallest absolute Gasteiger partial charge is 0.232 e. The van der Waals surface area contributed by atoms with Gasteiger partial charge in [0.2, 0.25) is 11.8 Å². The molecule has 3 rings (SSSR count). The molecule has 2 amide bonds. The highest BCUT2D eigenvalue weighted by Gasteiger charge is 2.59. The molecule has 2 N–H and O–H groups in total. The molecule has 0 unspecified atom stereocenters. The van der Waals surface area contributed by atoms with Gasteiger partial charge in [-0.3, -0.25) is 19.7 Å². The average Bonchev–Trinajstić information content (AvgIpc) is 2.86. The van der Waals surface area contributed by atoms with Gasteiger partial charge in [-0.25, -0.2) is 0 Å². The number of nitrogens with one attached hydrogen (secondary N) is 1. The predicted octanol–water partition coefficient (Wildman–Crippen LogP) is 2.60. The van der Waals surface area contributed by atoms with Gasteiger partial charge in [0.1, 0.15) is 5.78 Å². The van der Waals surface area contributed by atoms with Gasteiger partial charge in [0.15, 0.2) is 0 Å². The molecule has 0 aromatic carbocycles. The normalized spacial score (nSPS) is 41.0. The van der Waals surface area contributed by atoms with Crippen molar-refractivity contribution in [3.8, 4) is 0 Å². The van der Waals surface area contributed by atoms with Crippen molar-refractivity contribution in [1.29, 1.82) is 0 Å². The summed E-state index contributed by atoms with van der Waals surface area (Å²) in [6.07, 6.45) is 1.32. The number of amides is 2. The van der Waals surface area contributed by atoms with E-state index in [0.717, 1.165) is 18.4 Å². The predicted molar refractivity (Wildman–Crippen MR) is 98.4 cm³/mol. The summed E-state index contributed by atoms with van der Waals surface area (Å²) in [5.74, 6) is -1.57. The largest absolute Gasteiger partial charge is 0.392 e. The minimum atomic E-state index is -0.925. The zero-order valence-corrected chi connectivity index (χ0v) is 16.4. The molecular weight excluding hydrogens is 354 g/mol. The van der Waals surface area contributed by atoms with Crippen LogP contribution in [0.15, 0.2) is 12.2 Å². The third kappa shape index (κ3) is 2.93. The minimum absolute atomic E-state index is 0.0213. The lowest BCUT2D eigenvalue weighted by atomic mass is 9.46. The van der Waals surface area contributed by atoms with E-state index < -0.39 is 17.9 Å². The summed E-state index contributed by atoms with van der Waals surface area (Å²) in [5.41, 5.74) is 0.138. The van der Waals surface area contributed by atoms with E-state index in [2.05, 4.69) is 32.7 Å². The Hall–Kier alpha value is -1.20. The molecule has 6 atom stereocenters. The summed E-state index contributed by atoms with van der Waals surface area (Å²) in [5, 5.41) is 12.9. The van der Waals surface area contributed by atoms with Crippen molar-refractivity contribution in [2.45, 2.75) is 64.4 Å². The number of fused-ring (bicyclic) bond motifs is 1. The van der Waals surface area contributed by atoms with Crippen molar-refractivity contribution in [3.05, 3.63) is 12.2 Å². The van der Waals surface area contributed by atoms with Gasteiger partial charge < -0.3 is 5.11 Å². The number of allylic oxidation sites excluding steroid dienone is 1. The van der Waals surface area contributed by atoms with Crippen molar-refractivity contribution < 1.29 is 19.5 Å². The van der Waals surface area contributed by atoms with Gasteiger partial charge in [-0.2, -0.15) is 0 Å². The molecule has 0 aromatic rings. The van der Waals surface area contributed by atoms with Gasteiger partial charge in [-0.15, -0.1) is 11.6 Å². The van der Waals surface area contributed by atoms with Crippen LogP contribution >= 0.6 is 11.6 Å². The number of hydrogen-bond donors (Lipinski definition) is 2. The van der Waals surface area contributed by atoms with Crippen molar-refractivity contribution in [3.63, 3.8) is 0 Å². The van der Waals surface area contributed by atoms with Gasteiger partial charge in [-0.1, -0.05) is 32.9 Å². The third-order valence-corrected chi connectivity index (χ3v) is 7.89. The zero-order chi connectivity index (χ0) is 19.4. The van der Waals surface area contributed by atoms with Gasteiger partial charge in [0, 0.05) is 24.1 Å². The van der Waals surface area contributed by atoms with Gasteiger partial charge >= 0.3 is 0 Å². The van der Waals surface area contributed by atoms with Crippen molar-refractivity contribution in [2.24, 2.45) is 28.6 Å². The highest BCUT2D eigenvalue weighted by atomic mass is 35.5. The molecule has 5 nitrogen and oxygen atoms in total. The van der Waals surface area contributed by atoms with Crippen LogP contribution in [-0.2, 0) is 14.4 Å². The highest BCUT2D eigenvalue weighted by Crippen LogP contribution is 2.61. The Labute approximate surface area is 159 Å². The Morgan fingerprint density at radius 3 is 2.54 bits per heavy atom. The van der Waals surface area contributed by atoms with Crippen LogP contribution in [0.25, 0.3) is 0 Å². The van der Waals surface area contributed by atoms with E-state index in [-0.39, 0.29) is 46.2 Å². The standard InChI is InChI=1S/C20H28ClNO4/c1-10-7-14(24)17-19(2,3)15(21)5-6-20(17,4)12(10)9-13(23)11-8-16(25)22-18(11)26/h11-13,15,17,23H,1,5-9H2,2-4H3,(H,22,25,26)/t11-,12+,13+,15+,17+,20-/m1/s1. The SMILES string of the molecule is C=C1CC(=O)[C@H]2C(C)(C)[C@@H](Cl)CC[C@]2(C)[C@H]1C[C@H](O)[C@H]1CC(=O)NC1=O. The number of aliphatic hydroxyl groups is 1. The van der Waals surface area contributed by atoms with Gasteiger partial charge in [-0.05, 0) is 36.0 Å². The second-order valence-corrected chi connectivity index (χ2v) is 9.67. The molecule has 1 aliphatic heterocycles. The fraction of sp³-hybridized carbons (Fsp3) is 0.750. The van der Waals surface area contributed by atoms with Crippen LogP contribution in [0.2, 0.25) is 0 Å². The summed E-state index contributed by atoms with van der Waals surface area (Å²) in [6, 6.07) is 0. The number of Topliss-reactive ketones (excluding diaryl/α,β-unsaturated/α-hetero) is 1. The molecule has 1 heterocycles. The number of carbonyl (C=O) groups excluding carboxylic acids is 3. The first-order valence-corrected chi connectivity index (χ1v) is 9.78. The summed E-state index contributed by atoms with van der Waals surface area (Å²) in [4.78, 5) is 36.3. The Bertz CT molecular complexity index is 673. The quantitative estimate of drug-likeness (QED) is 0.447. The number of rotatable bonds is 3. The van der Waals surface area contributed by atoms with E-state index in [0.29, 0.717) is 12.8 Å². The maximum atomic E-state index is 12.9. The molecule has 2 saturated carbocycles. The van der Waals surface area contributed by atoms with Crippen molar-refractivity contribution >= 4 is 29.2 Å². The number of ketones is 1. The van der Waals surface area contributed by atoms with E-state index >= 15 is 0 Å². The zero-order valence-electron chi connectivity index (χ0n) is 15.7. The molecule has 0 aromatic heterocycles. The first kappa shape index (κ1) is 19.6. The molecule has 1 saturated heterocycles. The molecule has 6 heteroatoms. The third-order valence-electron chi connectivity index (χ3n) is 7.11. The molecular formula is C20H28ClNO4. The van der Waals surface area contributed by atoms with E-state index in [1.807, 2.05) is 0 Å². The van der Waals surface area contributed by atoms with Gasteiger partial charge in [0.25, 0.3) is 0 Å². The van der Waals surface area contributed by atoms with E-state index in [9.17, 15) is 19.5 Å². The molecule has 3 aliphatic rings. The molecule has 2 aliphatic carbocycles. The van der Waals surface area contributed by atoms with Gasteiger partial charge in [0.05, 0.1) is 12.0 Å². The van der Waals surface area contributed by atoms with Crippen LogP contribution < -0.4 is 5.32 Å². The van der Waals surface area contributed by atoms with Crippen LogP contribution in [0, 0.1) is 28.6 Å². The number of imide groups is 1. The minimum Gasteiger partial charge on any atom is -0.392 e. The molecule has 0 bridgehead atoms. The molecule has 144 valence electrons. The summed E-state index contributed by atoms with van der Waals surface area (Å²) < 4.78 is 0. The number of alkyl halides is 1. The lowest BCUT2D eigenvalue weighted by Crippen LogP contribution is -2.57. The van der Waals surface area contributed by atoms with Crippen LogP contribution in [0.4, 0.5) is 0 Å².